The molecule has 0 saturated heterocycles. The number of para-hydroxylation sites is 2. The molecular formula is C23H23N3O3. The van der Waals surface area contributed by atoms with Crippen LogP contribution in [-0.4, -0.2) is 33.9 Å². The number of aromatic nitrogens is 1. The summed E-state index contributed by atoms with van der Waals surface area (Å²) in [6.45, 7) is 1.93. The van der Waals surface area contributed by atoms with Gasteiger partial charge in [0.1, 0.15) is 18.3 Å². The van der Waals surface area contributed by atoms with E-state index in [-0.39, 0.29) is 30.4 Å². The smallest absolute Gasteiger partial charge is 0.247 e. The zero-order valence-corrected chi connectivity index (χ0v) is 16.3. The van der Waals surface area contributed by atoms with Crippen molar-refractivity contribution in [2.45, 2.75) is 38.3 Å². The highest BCUT2D eigenvalue weighted by Crippen LogP contribution is 2.42. The Morgan fingerprint density at radius 3 is 2.55 bits per heavy atom. The minimum atomic E-state index is -0.375. The van der Waals surface area contributed by atoms with Crippen LogP contribution in [0.1, 0.15) is 43.7 Å². The third-order valence-electron chi connectivity index (χ3n) is 5.72. The Bertz CT molecular complexity index is 1050. The second-order valence-corrected chi connectivity index (χ2v) is 7.58. The molecule has 6 heteroatoms. The molecule has 1 aliphatic carbocycles. The van der Waals surface area contributed by atoms with Crippen LogP contribution in [0, 0.1) is 0 Å². The summed E-state index contributed by atoms with van der Waals surface area (Å²) in [5.41, 5.74) is 2.73. The van der Waals surface area contributed by atoms with Crippen LogP contribution in [0.15, 0.2) is 65.4 Å². The van der Waals surface area contributed by atoms with Crippen molar-refractivity contribution in [2.75, 3.05) is 11.4 Å². The third-order valence-corrected chi connectivity index (χ3v) is 5.72. The average molecular weight is 389 g/mol. The van der Waals surface area contributed by atoms with E-state index in [1.165, 1.54) is 0 Å². The van der Waals surface area contributed by atoms with E-state index in [2.05, 4.69) is 4.57 Å². The first-order valence-corrected chi connectivity index (χ1v) is 10.1. The molecule has 2 aliphatic rings. The zero-order valence-electron chi connectivity index (χ0n) is 16.3. The predicted molar refractivity (Wildman–Crippen MR) is 109 cm³/mol. The highest BCUT2D eigenvalue weighted by molar-refractivity contribution is 6.00. The summed E-state index contributed by atoms with van der Waals surface area (Å²) in [5, 5.41) is 0. The molecule has 2 aromatic heterocycles. The predicted octanol–water partition coefficient (Wildman–Crippen LogP) is 3.91. The third kappa shape index (κ3) is 2.95. The van der Waals surface area contributed by atoms with E-state index in [1.807, 2.05) is 61.7 Å². The molecular weight excluding hydrogens is 366 g/mol. The molecule has 3 heterocycles. The van der Waals surface area contributed by atoms with Gasteiger partial charge in [-0.05, 0) is 49.2 Å². The number of anilines is 1. The van der Waals surface area contributed by atoms with Gasteiger partial charge in [-0.15, -0.1) is 0 Å². The zero-order chi connectivity index (χ0) is 20.0. The van der Waals surface area contributed by atoms with Gasteiger partial charge in [0.25, 0.3) is 0 Å². The average Bonchev–Trinajstić information content (AvgIpc) is 3.23. The Labute approximate surface area is 169 Å². The second-order valence-electron chi connectivity index (χ2n) is 7.58. The lowest BCUT2D eigenvalue weighted by Crippen LogP contribution is -2.47. The Morgan fingerprint density at radius 2 is 1.86 bits per heavy atom. The Balaban J connectivity index is 1.59. The van der Waals surface area contributed by atoms with Gasteiger partial charge >= 0.3 is 0 Å². The monoisotopic (exact) mass is 389 g/mol. The number of carbonyl (C=O) groups is 2. The normalized spacial score (nSPS) is 17.6. The van der Waals surface area contributed by atoms with Crippen LogP contribution in [0.2, 0.25) is 0 Å². The summed E-state index contributed by atoms with van der Waals surface area (Å²) in [5.74, 6) is 0.636. The van der Waals surface area contributed by atoms with Crippen LogP contribution in [0.5, 0.6) is 0 Å². The molecule has 0 radical (unpaired) electrons. The molecule has 2 amide bonds. The summed E-state index contributed by atoms with van der Waals surface area (Å²) in [4.78, 5) is 29.6. The van der Waals surface area contributed by atoms with Crippen LogP contribution in [-0.2, 0) is 9.59 Å². The van der Waals surface area contributed by atoms with E-state index in [9.17, 15) is 9.59 Å². The number of amides is 2. The quantitative estimate of drug-likeness (QED) is 0.665. The topological polar surface area (TPSA) is 58.7 Å². The summed E-state index contributed by atoms with van der Waals surface area (Å²) in [6.07, 6.45) is 5.98. The molecule has 148 valence electrons. The molecule has 1 fully saturated rings. The fraction of sp³-hybridized carbons (Fsp3) is 0.304. The number of benzene rings is 1. The van der Waals surface area contributed by atoms with E-state index >= 15 is 0 Å². The summed E-state index contributed by atoms with van der Waals surface area (Å²) in [7, 11) is 0. The van der Waals surface area contributed by atoms with Crippen LogP contribution in [0.25, 0.3) is 5.69 Å². The Kier molecular flexibility index (Phi) is 4.27. The number of furan rings is 1. The maximum atomic E-state index is 13.6. The Hall–Kier alpha value is -3.28. The van der Waals surface area contributed by atoms with Gasteiger partial charge in [0.15, 0.2) is 0 Å². The van der Waals surface area contributed by atoms with E-state index < -0.39 is 0 Å². The van der Waals surface area contributed by atoms with Gasteiger partial charge < -0.3 is 13.9 Å². The van der Waals surface area contributed by atoms with Crippen molar-refractivity contribution in [2.24, 2.45) is 0 Å². The van der Waals surface area contributed by atoms with Gasteiger partial charge in [-0.1, -0.05) is 19.1 Å². The molecule has 0 spiro atoms. The summed E-state index contributed by atoms with van der Waals surface area (Å²) < 4.78 is 7.84. The highest BCUT2D eigenvalue weighted by atomic mass is 16.3. The van der Waals surface area contributed by atoms with Gasteiger partial charge in [0.2, 0.25) is 11.8 Å². The van der Waals surface area contributed by atoms with E-state index in [4.69, 9.17) is 4.42 Å². The molecule has 29 heavy (non-hydrogen) atoms. The minimum absolute atomic E-state index is 0.0315. The summed E-state index contributed by atoms with van der Waals surface area (Å²) >= 11 is 0. The van der Waals surface area contributed by atoms with Crippen LogP contribution >= 0.6 is 0 Å². The number of nitrogens with zero attached hydrogens (tertiary/aromatic N) is 3. The fourth-order valence-corrected chi connectivity index (χ4v) is 4.21. The minimum Gasteiger partial charge on any atom is -0.467 e. The first kappa shape index (κ1) is 17.8. The van der Waals surface area contributed by atoms with E-state index in [0.29, 0.717) is 12.2 Å². The van der Waals surface area contributed by atoms with Gasteiger partial charge in [-0.2, -0.15) is 0 Å². The maximum Gasteiger partial charge on any atom is 0.247 e. The number of fused-ring (bicyclic) bond motifs is 3. The molecule has 1 saturated carbocycles. The first-order valence-electron chi connectivity index (χ1n) is 10.1. The van der Waals surface area contributed by atoms with Gasteiger partial charge in [0, 0.05) is 18.7 Å². The number of hydrogen-bond acceptors (Lipinski definition) is 3. The maximum absolute atomic E-state index is 13.6. The van der Waals surface area contributed by atoms with Gasteiger partial charge in [-0.3, -0.25) is 14.5 Å². The largest absolute Gasteiger partial charge is 0.467 e. The fourth-order valence-electron chi connectivity index (χ4n) is 4.21. The molecule has 0 N–H and O–H groups in total. The van der Waals surface area contributed by atoms with Gasteiger partial charge in [0.05, 0.1) is 23.3 Å². The lowest BCUT2D eigenvalue weighted by Gasteiger charge is -2.38. The number of hydrogen-bond donors (Lipinski definition) is 0. The lowest BCUT2D eigenvalue weighted by atomic mass is 10.0. The molecule has 1 aromatic carbocycles. The molecule has 1 atom stereocenters. The van der Waals surface area contributed by atoms with Crippen LogP contribution in [0.3, 0.4) is 0 Å². The highest BCUT2D eigenvalue weighted by Gasteiger charge is 2.40. The van der Waals surface area contributed by atoms with Crippen molar-refractivity contribution in [1.82, 2.24) is 9.47 Å². The number of carbonyl (C=O) groups excluding carboxylic acids is 2. The molecule has 3 aromatic rings. The van der Waals surface area contributed by atoms with Crippen molar-refractivity contribution in [3.63, 3.8) is 0 Å². The SMILES string of the molecule is CCC(=O)N(CC(=O)N1c2ccccc2-n2cccc2C1c1ccco1)C1CC1. The van der Waals surface area contributed by atoms with E-state index in [1.54, 1.807) is 16.1 Å². The van der Waals surface area contributed by atoms with Gasteiger partial charge in [-0.25, -0.2) is 0 Å². The van der Waals surface area contributed by atoms with Crippen molar-refractivity contribution in [3.8, 4) is 5.69 Å². The summed E-state index contributed by atoms with van der Waals surface area (Å²) in [6, 6.07) is 15.4. The van der Waals surface area contributed by atoms with Crippen LogP contribution < -0.4 is 4.90 Å². The molecule has 1 unspecified atom stereocenters. The number of rotatable bonds is 5. The van der Waals surface area contributed by atoms with Crippen molar-refractivity contribution >= 4 is 17.5 Å². The Morgan fingerprint density at radius 1 is 1.07 bits per heavy atom. The van der Waals surface area contributed by atoms with Crippen LogP contribution in [0.4, 0.5) is 5.69 Å². The molecule has 0 bridgehead atoms. The molecule has 6 nitrogen and oxygen atoms in total. The van der Waals surface area contributed by atoms with Crippen molar-refractivity contribution < 1.29 is 14.0 Å². The molecule has 5 rings (SSSR count). The van der Waals surface area contributed by atoms with Crippen molar-refractivity contribution in [3.05, 3.63) is 72.4 Å². The van der Waals surface area contributed by atoms with Crippen molar-refractivity contribution in [1.29, 1.82) is 0 Å². The first-order chi connectivity index (χ1) is 14.2. The molecule has 1 aliphatic heterocycles. The lowest BCUT2D eigenvalue weighted by molar-refractivity contribution is -0.135. The second kappa shape index (κ2) is 6.95. The van der Waals surface area contributed by atoms with E-state index in [0.717, 1.165) is 29.9 Å². The standard InChI is InChI=1S/C23H23N3O3/c1-2-21(27)25(16-11-12-16)15-22(28)26-18-8-4-3-7-17(18)24-13-5-9-19(24)23(26)20-10-6-14-29-20/h3-10,13-14,16,23H,2,11-12,15H2,1H3.